The van der Waals surface area contributed by atoms with E-state index in [9.17, 15) is 13.2 Å². The Labute approximate surface area is 176 Å². The predicted octanol–water partition coefficient (Wildman–Crippen LogP) is 4.77. The standard InChI is InChI=1S/C20H12Cl2N2O4S/c21-12-9-10-13(15(22)11-12)20(25)28-17-7-3-2-6-16(17)23-19-14-5-1-4-8-18(14)29(26,27)24-19/h1-11H,(H,23,24). The van der Waals surface area contributed by atoms with E-state index in [-0.39, 0.29) is 27.1 Å². The van der Waals surface area contributed by atoms with Crippen molar-refractivity contribution in [1.82, 2.24) is 0 Å². The summed E-state index contributed by atoms with van der Waals surface area (Å²) in [6.45, 7) is 0. The molecule has 0 atom stereocenters. The molecule has 0 aliphatic carbocycles. The Morgan fingerprint density at radius 3 is 2.48 bits per heavy atom. The van der Waals surface area contributed by atoms with Gasteiger partial charge in [-0.3, -0.25) is 0 Å². The van der Waals surface area contributed by atoms with Crippen molar-refractivity contribution in [3.63, 3.8) is 0 Å². The van der Waals surface area contributed by atoms with Crippen LogP contribution < -0.4 is 10.1 Å². The summed E-state index contributed by atoms with van der Waals surface area (Å²) in [5, 5.41) is 3.50. The fraction of sp³-hybridized carbons (Fsp3) is 0. The van der Waals surface area contributed by atoms with Gasteiger partial charge in [0.1, 0.15) is 4.90 Å². The maximum absolute atomic E-state index is 12.5. The molecule has 1 N–H and O–H groups in total. The lowest BCUT2D eigenvalue weighted by Gasteiger charge is -2.12. The number of esters is 1. The SMILES string of the molecule is O=C(Oc1ccccc1NC1=NS(=O)(=O)c2ccccc21)c1ccc(Cl)cc1Cl. The van der Waals surface area contributed by atoms with Crippen LogP contribution in [0.25, 0.3) is 0 Å². The van der Waals surface area contributed by atoms with Gasteiger partial charge in [0.2, 0.25) is 0 Å². The van der Waals surface area contributed by atoms with Crippen molar-refractivity contribution in [3.05, 3.63) is 87.9 Å². The van der Waals surface area contributed by atoms with Gasteiger partial charge in [0.15, 0.2) is 11.6 Å². The maximum atomic E-state index is 12.5. The molecular weight excluding hydrogens is 435 g/mol. The van der Waals surface area contributed by atoms with Gasteiger partial charge in [0.05, 0.1) is 16.3 Å². The zero-order valence-corrected chi connectivity index (χ0v) is 16.9. The number of benzene rings is 3. The van der Waals surface area contributed by atoms with Crippen LogP contribution in [0.2, 0.25) is 10.0 Å². The van der Waals surface area contributed by atoms with Crippen LogP contribution in [0.1, 0.15) is 15.9 Å². The molecule has 6 nitrogen and oxygen atoms in total. The highest BCUT2D eigenvalue weighted by Gasteiger charge is 2.29. The van der Waals surface area contributed by atoms with Gasteiger partial charge in [-0.25, -0.2) is 4.79 Å². The molecule has 4 rings (SSSR count). The summed E-state index contributed by atoms with van der Waals surface area (Å²) in [4.78, 5) is 12.6. The van der Waals surface area contributed by atoms with E-state index in [1.54, 1.807) is 42.5 Å². The molecule has 146 valence electrons. The van der Waals surface area contributed by atoms with E-state index in [1.165, 1.54) is 24.3 Å². The molecule has 0 saturated carbocycles. The molecule has 0 aromatic heterocycles. The van der Waals surface area contributed by atoms with Crippen molar-refractivity contribution in [2.75, 3.05) is 5.32 Å². The molecule has 29 heavy (non-hydrogen) atoms. The number of nitrogens with one attached hydrogen (secondary N) is 1. The summed E-state index contributed by atoms with van der Waals surface area (Å²) in [6, 6.07) is 17.5. The van der Waals surface area contributed by atoms with Crippen LogP contribution in [-0.2, 0) is 10.0 Å². The van der Waals surface area contributed by atoms with Gasteiger partial charge in [-0.1, -0.05) is 47.5 Å². The monoisotopic (exact) mass is 446 g/mol. The number of ether oxygens (including phenoxy) is 1. The first kappa shape index (κ1) is 19.4. The highest BCUT2D eigenvalue weighted by molar-refractivity contribution is 7.90. The predicted molar refractivity (Wildman–Crippen MR) is 112 cm³/mol. The Morgan fingerprint density at radius 1 is 0.966 bits per heavy atom. The van der Waals surface area contributed by atoms with Gasteiger partial charge in [-0.2, -0.15) is 8.42 Å². The lowest BCUT2D eigenvalue weighted by atomic mass is 10.2. The molecule has 9 heteroatoms. The molecule has 1 aliphatic heterocycles. The van der Waals surface area contributed by atoms with Gasteiger partial charge in [-0.15, -0.1) is 4.40 Å². The van der Waals surface area contributed by atoms with Crippen LogP contribution >= 0.6 is 23.2 Å². The van der Waals surface area contributed by atoms with Crippen LogP contribution in [0.15, 0.2) is 76.0 Å². The molecule has 0 fully saturated rings. The summed E-state index contributed by atoms with van der Waals surface area (Å²) in [7, 11) is -3.78. The molecule has 3 aromatic rings. The Morgan fingerprint density at radius 2 is 1.69 bits per heavy atom. The van der Waals surface area contributed by atoms with Gasteiger partial charge in [-0.05, 0) is 42.5 Å². The number of rotatable bonds is 3. The van der Waals surface area contributed by atoms with Gasteiger partial charge >= 0.3 is 5.97 Å². The van der Waals surface area contributed by atoms with E-state index in [1.807, 2.05) is 0 Å². The zero-order chi connectivity index (χ0) is 20.6. The van der Waals surface area contributed by atoms with Crippen molar-refractivity contribution >= 4 is 50.7 Å². The van der Waals surface area contributed by atoms with E-state index in [4.69, 9.17) is 27.9 Å². The minimum absolute atomic E-state index is 0.116. The Balaban J connectivity index is 1.64. The summed E-state index contributed by atoms with van der Waals surface area (Å²) in [6.07, 6.45) is 0. The van der Waals surface area contributed by atoms with E-state index in [0.29, 0.717) is 16.3 Å². The number of sulfonamides is 1. The first-order chi connectivity index (χ1) is 13.8. The molecule has 3 aromatic carbocycles. The minimum atomic E-state index is -3.78. The number of anilines is 1. The van der Waals surface area contributed by atoms with Gasteiger partial charge in [0.25, 0.3) is 10.0 Å². The maximum Gasteiger partial charge on any atom is 0.345 e. The largest absolute Gasteiger partial charge is 0.421 e. The van der Waals surface area contributed by atoms with Crippen LogP contribution in [-0.4, -0.2) is 20.2 Å². The summed E-state index contributed by atoms with van der Waals surface area (Å²) in [5.74, 6) is -0.344. The molecule has 0 spiro atoms. The van der Waals surface area contributed by atoms with E-state index in [2.05, 4.69) is 9.71 Å². The molecule has 0 radical (unpaired) electrons. The minimum Gasteiger partial charge on any atom is -0.421 e. The fourth-order valence-electron chi connectivity index (χ4n) is 2.79. The first-order valence-corrected chi connectivity index (χ1v) is 10.5. The average Bonchev–Trinajstić information content (AvgIpc) is 2.94. The Hall–Kier alpha value is -2.87. The Kier molecular flexibility index (Phi) is 5.04. The second-order valence-electron chi connectivity index (χ2n) is 6.05. The lowest BCUT2D eigenvalue weighted by molar-refractivity contribution is 0.0736. The smallest absolute Gasteiger partial charge is 0.345 e. The quantitative estimate of drug-likeness (QED) is 0.462. The summed E-state index contributed by atoms with van der Waals surface area (Å²) in [5.41, 5.74) is 0.961. The van der Waals surface area contributed by atoms with E-state index >= 15 is 0 Å². The van der Waals surface area contributed by atoms with Crippen molar-refractivity contribution < 1.29 is 17.9 Å². The topological polar surface area (TPSA) is 84.8 Å². The molecule has 0 saturated heterocycles. The summed E-state index contributed by atoms with van der Waals surface area (Å²) < 4.78 is 33.7. The number of carbonyl (C=O) groups is 1. The number of fused-ring (bicyclic) bond motifs is 1. The third kappa shape index (κ3) is 3.85. The Bertz CT molecular complexity index is 1270. The number of nitrogens with zero attached hydrogens (tertiary/aromatic N) is 1. The second-order valence-corrected chi connectivity index (χ2v) is 8.46. The zero-order valence-electron chi connectivity index (χ0n) is 14.6. The van der Waals surface area contributed by atoms with Crippen LogP contribution in [0.5, 0.6) is 5.75 Å². The molecular formula is C20H12Cl2N2O4S. The van der Waals surface area contributed by atoms with Crippen molar-refractivity contribution in [2.24, 2.45) is 4.40 Å². The number of para-hydroxylation sites is 2. The van der Waals surface area contributed by atoms with Crippen LogP contribution in [0.4, 0.5) is 5.69 Å². The molecule has 1 aliphatic rings. The van der Waals surface area contributed by atoms with Gasteiger partial charge < -0.3 is 10.1 Å². The fourth-order valence-corrected chi connectivity index (χ4v) is 4.45. The van der Waals surface area contributed by atoms with Crippen LogP contribution in [0.3, 0.4) is 0 Å². The number of carbonyl (C=O) groups excluding carboxylic acids is 1. The average molecular weight is 447 g/mol. The van der Waals surface area contributed by atoms with Crippen molar-refractivity contribution in [1.29, 1.82) is 0 Å². The number of hydrogen-bond donors (Lipinski definition) is 1. The molecule has 1 heterocycles. The van der Waals surface area contributed by atoms with Crippen molar-refractivity contribution in [3.8, 4) is 5.75 Å². The second kappa shape index (κ2) is 7.51. The summed E-state index contributed by atoms with van der Waals surface area (Å²) >= 11 is 11.9. The number of halogens is 2. The van der Waals surface area contributed by atoms with E-state index < -0.39 is 16.0 Å². The molecule has 0 bridgehead atoms. The molecule has 0 amide bonds. The normalized spacial score (nSPS) is 14.1. The number of hydrogen-bond acceptors (Lipinski definition) is 5. The van der Waals surface area contributed by atoms with Crippen LogP contribution in [0, 0.1) is 0 Å². The van der Waals surface area contributed by atoms with E-state index in [0.717, 1.165) is 0 Å². The first-order valence-electron chi connectivity index (χ1n) is 8.33. The third-order valence-electron chi connectivity index (χ3n) is 4.13. The van der Waals surface area contributed by atoms with Crippen molar-refractivity contribution in [2.45, 2.75) is 4.90 Å². The highest BCUT2D eigenvalue weighted by Crippen LogP contribution is 2.31. The van der Waals surface area contributed by atoms with Gasteiger partial charge in [0, 0.05) is 10.6 Å². The highest BCUT2D eigenvalue weighted by atomic mass is 35.5. The lowest BCUT2D eigenvalue weighted by Crippen LogP contribution is -2.15. The molecule has 0 unspecified atom stereocenters. The third-order valence-corrected chi connectivity index (χ3v) is 6.01. The number of amidine groups is 1.